The average Bonchev–Trinajstić information content (AvgIpc) is 3.44. The summed E-state index contributed by atoms with van der Waals surface area (Å²) in [6.45, 7) is 11.6. The molecule has 10 nitrogen and oxygen atoms in total. The minimum atomic E-state index is -0.724. The Kier molecular flexibility index (Phi) is 7.20. The van der Waals surface area contributed by atoms with Gasteiger partial charge >= 0.3 is 12.2 Å². The predicted octanol–water partition coefficient (Wildman–Crippen LogP) is 5.36. The van der Waals surface area contributed by atoms with Crippen LogP contribution in [0.15, 0.2) is 48.9 Å². The molecule has 1 aliphatic rings. The summed E-state index contributed by atoms with van der Waals surface area (Å²) in [5, 5.41) is 4.23. The standard InChI is InChI=1S/C27H34N6O4/c1-17(2)22-16-36-25(34)33(22)23-12-13-28-24(30-23)32(26(35)37-27(4,5)6)18(3)19-8-10-20(11-9-19)21-14-29-31(7)15-21/h8-15,17-18,22H,16H2,1-7H3/t18-,22?/m0/s1. The lowest BCUT2D eigenvalue weighted by molar-refractivity contribution is 0.0564. The first kappa shape index (κ1) is 26.1. The number of benzene rings is 1. The molecule has 37 heavy (non-hydrogen) atoms. The zero-order chi connectivity index (χ0) is 26.9. The van der Waals surface area contributed by atoms with E-state index in [4.69, 9.17) is 9.47 Å². The van der Waals surface area contributed by atoms with Crippen LogP contribution in [0.25, 0.3) is 11.1 Å². The molecule has 0 spiro atoms. The van der Waals surface area contributed by atoms with Gasteiger partial charge in [0.05, 0.1) is 18.3 Å². The van der Waals surface area contributed by atoms with Gasteiger partial charge in [0.2, 0.25) is 5.95 Å². The Hall–Kier alpha value is -3.95. The minimum Gasteiger partial charge on any atom is -0.447 e. The van der Waals surface area contributed by atoms with Crippen molar-refractivity contribution in [3.05, 3.63) is 54.5 Å². The van der Waals surface area contributed by atoms with Crippen LogP contribution in [0, 0.1) is 5.92 Å². The second kappa shape index (κ2) is 10.2. The molecule has 0 aliphatic carbocycles. The number of carbonyl (C=O) groups is 2. The van der Waals surface area contributed by atoms with Crippen LogP contribution in [0.3, 0.4) is 0 Å². The summed E-state index contributed by atoms with van der Waals surface area (Å²) in [4.78, 5) is 37.9. The fourth-order valence-electron chi connectivity index (χ4n) is 4.18. The molecule has 3 aromatic rings. The van der Waals surface area contributed by atoms with Gasteiger partial charge in [-0.15, -0.1) is 0 Å². The van der Waals surface area contributed by atoms with Crippen molar-refractivity contribution >= 4 is 24.0 Å². The molecule has 0 radical (unpaired) electrons. The zero-order valence-electron chi connectivity index (χ0n) is 22.4. The van der Waals surface area contributed by atoms with Gasteiger partial charge in [-0.2, -0.15) is 10.1 Å². The van der Waals surface area contributed by atoms with E-state index in [2.05, 4.69) is 15.1 Å². The van der Waals surface area contributed by atoms with Gasteiger partial charge in [0.1, 0.15) is 18.0 Å². The lowest BCUT2D eigenvalue weighted by Gasteiger charge is -2.31. The van der Waals surface area contributed by atoms with Gasteiger partial charge in [-0.3, -0.25) is 9.58 Å². The number of amides is 2. The Morgan fingerprint density at radius 1 is 1.14 bits per heavy atom. The Morgan fingerprint density at radius 3 is 2.43 bits per heavy atom. The van der Waals surface area contributed by atoms with Crippen molar-refractivity contribution < 1.29 is 19.1 Å². The first-order valence-electron chi connectivity index (χ1n) is 12.3. The van der Waals surface area contributed by atoms with Crippen LogP contribution in [-0.4, -0.2) is 50.2 Å². The summed E-state index contributed by atoms with van der Waals surface area (Å²) in [5.41, 5.74) is 2.16. The van der Waals surface area contributed by atoms with E-state index in [1.165, 1.54) is 16.0 Å². The molecule has 2 atom stereocenters. The quantitative estimate of drug-likeness (QED) is 0.443. The maximum Gasteiger partial charge on any atom is 0.417 e. The molecule has 3 heterocycles. The normalized spacial score (nSPS) is 16.6. The maximum absolute atomic E-state index is 13.4. The first-order valence-corrected chi connectivity index (χ1v) is 12.3. The number of aryl methyl sites for hydroxylation is 1. The summed E-state index contributed by atoms with van der Waals surface area (Å²) in [5.74, 6) is 0.667. The topological polar surface area (TPSA) is 103 Å². The zero-order valence-corrected chi connectivity index (χ0v) is 22.4. The fourth-order valence-corrected chi connectivity index (χ4v) is 4.18. The number of nitrogens with zero attached hydrogens (tertiary/aromatic N) is 6. The highest BCUT2D eigenvalue weighted by atomic mass is 16.6. The summed E-state index contributed by atoms with van der Waals surface area (Å²) in [6.07, 6.45) is 4.23. The van der Waals surface area contributed by atoms with Crippen LogP contribution < -0.4 is 9.80 Å². The second-order valence-electron chi connectivity index (χ2n) is 10.5. The number of hydrogen-bond donors (Lipinski definition) is 0. The molecule has 10 heteroatoms. The van der Waals surface area contributed by atoms with Gasteiger partial charge in [0, 0.05) is 25.0 Å². The fraction of sp³-hybridized carbons (Fsp3) is 0.444. The van der Waals surface area contributed by atoms with Crippen molar-refractivity contribution in [3.8, 4) is 11.1 Å². The lowest BCUT2D eigenvalue weighted by atomic mass is 10.0. The van der Waals surface area contributed by atoms with Crippen LogP contribution in [0.4, 0.5) is 21.4 Å². The number of cyclic esters (lactones) is 1. The highest BCUT2D eigenvalue weighted by molar-refractivity contribution is 5.90. The maximum atomic E-state index is 13.4. The number of hydrogen-bond acceptors (Lipinski definition) is 7. The Labute approximate surface area is 217 Å². The lowest BCUT2D eigenvalue weighted by Crippen LogP contribution is -2.41. The average molecular weight is 507 g/mol. The smallest absolute Gasteiger partial charge is 0.417 e. The first-order chi connectivity index (χ1) is 17.4. The molecule has 2 amide bonds. The van der Waals surface area contributed by atoms with Crippen LogP contribution in [0.5, 0.6) is 0 Å². The third-order valence-corrected chi connectivity index (χ3v) is 6.17. The monoisotopic (exact) mass is 506 g/mol. The molecule has 1 saturated heterocycles. The molecular weight excluding hydrogens is 472 g/mol. The molecular formula is C27H34N6O4. The summed E-state index contributed by atoms with van der Waals surface area (Å²) in [7, 11) is 1.87. The summed E-state index contributed by atoms with van der Waals surface area (Å²) in [6, 6.07) is 8.91. The van der Waals surface area contributed by atoms with Gasteiger partial charge < -0.3 is 9.47 Å². The van der Waals surface area contributed by atoms with Crippen LogP contribution in [0.2, 0.25) is 0 Å². The second-order valence-corrected chi connectivity index (χ2v) is 10.5. The van der Waals surface area contributed by atoms with E-state index in [1.54, 1.807) is 37.7 Å². The molecule has 196 valence electrons. The van der Waals surface area contributed by atoms with E-state index in [0.717, 1.165) is 16.7 Å². The molecule has 0 N–H and O–H groups in total. The van der Waals surface area contributed by atoms with E-state index in [-0.39, 0.29) is 24.5 Å². The van der Waals surface area contributed by atoms with Crippen LogP contribution >= 0.6 is 0 Å². The largest absolute Gasteiger partial charge is 0.447 e. The number of aromatic nitrogens is 4. The van der Waals surface area contributed by atoms with E-state index < -0.39 is 23.8 Å². The number of rotatable bonds is 6. The van der Waals surface area contributed by atoms with Crippen molar-refractivity contribution in [2.45, 2.75) is 59.2 Å². The SMILES string of the molecule is CC(C)C1COC(=O)N1c1ccnc(N(C(=O)OC(C)(C)C)[C@@H](C)c2ccc(-c3cnn(C)c3)cc2)n1. The van der Waals surface area contributed by atoms with Crippen LogP contribution in [-0.2, 0) is 16.5 Å². The van der Waals surface area contributed by atoms with Crippen LogP contribution in [0.1, 0.15) is 53.1 Å². The van der Waals surface area contributed by atoms with Gasteiger partial charge in [-0.05, 0) is 50.8 Å². The highest BCUT2D eigenvalue weighted by Gasteiger charge is 2.38. The Balaban J connectivity index is 1.70. The van der Waals surface area contributed by atoms with Crippen molar-refractivity contribution in [2.24, 2.45) is 13.0 Å². The van der Waals surface area contributed by atoms with Crippen molar-refractivity contribution in [3.63, 3.8) is 0 Å². The predicted molar refractivity (Wildman–Crippen MR) is 140 cm³/mol. The molecule has 1 aromatic carbocycles. The molecule has 1 fully saturated rings. The van der Waals surface area contributed by atoms with Gasteiger partial charge in [0.15, 0.2) is 0 Å². The molecule has 1 unspecified atom stereocenters. The van der Waals surface area contributed by atoms with Gasteiger partial charge in [-0.25, -0.2) is 19.5 Å². The number of carbonyl (C=O) groups excluding carboxylic acids is 2. The van der Waals surface area contributed by atoms with E-state index in [1.807, 2.05) is 58.3 Å². The minimum absolute atomic E-state index is 0.137. The van der Waals surface area contributed by atoms with E-state index in [0.29, 0.717) is 5.82 Å². The molecule has 4 rings (SSSR count). The molecule has 2 aromatic heterocycles. The Morgan fingerprint density at radius 2 is 1.84 bits per heavy atom. The van der Waals surface area contributed by atoms with Crippen molar-refractivity contribution in [2.75, 3.05) is 16.4 Å². The summed E-state index contributed by atoms with van der Waals surface area (Å²) >= 11 is 0. The molecule has 0 saturated carbocycles. The van der Waals surface area contributed by atoms with Crippen molar-refractivity contribution in [1.82, 2.24) is 19.7 Å². The molecule has 1 aliphatic heterocycles. The number of anilines is 2. The van der Waals surface area contributed by atoms with E-state index in [9.17, 15) is 9.59 Å². The third-order valence-electron chi connectivity index (χ3n) is 6.17. The van der Waals surface area contributed by atoms with E-state index >= 15 is 0 Å². The van der Waals surface area contributed by atoms with Gasteiger partial charge in [0.25, 0.3) is 0 Å². The Bertz CT molecular complexity index is 1260. The summed E-state index contributed by atoms with van der Waals surface area (Å²) < 4.78 is 12.8. The van der Waals surface area contributed by atoms with Crippen molar-refractivity contribution in [1.29, 1.82) is 0 Å². The van der Waals surface area contributed by atoms with Gasteiger partial charge in [-0.1, -0.05) is 38.1 Å². The number of ether oxygens (including phenoxy) is 2. The third kappa shape index (κ3) is 5.73. The highest BCUT2D eigenvalue weighted by Crippen LogP contribution is 2.31. The molecule has 0 bridgehead atoms.